The van der Waals surface area contributed by atoms with Crippen molar-refractivity contribution in [1.29, 1.82) is 0 Å². The SMILES string of the molecule is CN1CCN(C(=O)Nc2ccc(S(N)(=O)=O)cc2)CC1. The Hall–Kier alpha value is -1.64. The lowest BCUT2D eigenvalue weighted by molar-refractivity contribution is 0.164. The van der Waals surface area contributed by atoms with Crippen molar-refractivity contribution in [2.45, 2.75) is 4.90 Å². The Labute approximate surface area is 118 Å². The third kappa shape index (κ3) is 3.69. The Balaban J connectivity index is 1.98. The van der Waals surface area contributed by atoms with E-state index in [1.165, 1.54) is 24.3 Å². The number of amides is 2. The molecule has 1 saturated heterocycles. The molecule has 0 atom stereocenters. The zero-order chi connectivity index (χ0) is 14.8. The lowest BCUT2D eigenvalue weighted by Gasteiger charge is -2.32. The number of nitrogens with two attached hydrogens (primary N) is 1. The number of hydrogen-bond donors (Lipinski definition) is 2. The van der Waals surface area contributed by atoms with Crippen LogP contribution < -0.4 is 10.5 Å². The topological polar surface area (TPSA) is 95.7 Å². The second kappa shape index (κ2) is 5.78. The van der Waals surface area contributed by atoms with Crippen LogP contribution in [-0.4, -0.2) is 57.5 Å². The van der Waals surface area contributed by atoms with Gasteiger partial charge < -0.3 is 15.1 Å². The van der Waals surface area contributed by atoms with Gasteiger partial charge in [-0.3, -0.25) is 0 Å². The van der Waals surface area contributed by atoms with Crippen molar-refractivity contribution in [2.75, 3.05) is 38.5 Å². The number of likely N-dealkylation sites (N-methyl/N-ethyl adjacent to an activating group) is 1. The molecule has 0 aromatic heterocycles. The van der Waals surface area contributed by atoms with Gasteiger partial charge in [-0.2, -0.15) is 0 Å². The summed E-state index contributed by atoms with van der Waals surface area (Å²) in [4.78, 5) is 15.9. The summed E-state index contributed by atoms with van der Waals surface area (Å²) in [5.74, 6) is 0. The van der Waals surface area contributed by atoms with Crippen LogP contribution in [0.1, 0.15) is 0 Å². The predicted molar refractivity (Wildman–Crippen MR) is 75.9 cm³/mol. The molecular weight excluding hydrogens is 280 g/mol. The van der Waals surface area contributed by atoms with Gasteiger partial charge in [0.15, 0.2) is 0 Å². The van der Waals surface area contributed by atoms with Crippen LogP contribution in [0.2, 0.25) is 0 Å². The molecule has 0 spiro atoms. The highest BCUT2D eigenvalue weighted by Crippen LogP contribution is 2.13. The summed E-state index contributed by atoms with van der Waals surface area (Å²) in [5.41, 5.74) is 0.543. The molecule has 0 radical (unpaired) electrons. The summed E-state index contributed by atoms with van der Waals surface area (Å²) in [6, 6.07) is 5.60. The molecule has 0 unspecified atom stereocenters. The van der Waals surface area contributed by atoms with Crippen molar-refractivity contribution in [3.8, 4) is 0 Å². The maximum absolute atomic E-state index is 12.0. The number of carbonyl (C=O) groups excluding carboxylic acids is 1. The van der Waals surface area contributed by atoms with E-state index in [2.05, 4.69) is 10.2 Å². The Bertz CT molecular complexity index is 577. The second-order valence-electron chi connectivity index (χ2n) is 4.79. The number of hydrogen-bond acceptors (Lipinski definition) is 4. The third-order valence-electron chi connectivity index (χ3n) is 3.22. The van der Waals surface area contributed by atoms with Crippen molar-refractivity contribution < 1.29 is 13.2 Å². The number of anilines is 1. The van der Waals surface area contributed by atoms with Crippen LogP contribution in [0.3, 0.4) is 0 Å². The average Bonchev–Trinajstić information content (AvgIpc) is 2.39. The van der Waals surface area contributed by atoms with E-state index in [9.17, 15) is 13.2 Å². The van der Waals surface area contributed by atoms with Gasteiger partial charge in [0.25, 0.3) is 0 Å². The van der Waals surface area contributed by atoms with E-state index in [1.807, 2.05) is 7.05 Å². The van der Waals surface area contributed by atoms with Crippen molar-refractivity contribution >= 4 is 21.7 Å². The molecule has 7 nitrogen and oxygen atoms in total. The molecule has 0 bridgehead atoms. The van der Waals surface area contributed by atoms with Crippen LogP contribution in [0.15, 0.2) is 29.2 Å². The first kappa shape index (κ1) is 14.8. The highest BCUT2D eigenvalue weighted by molar-refractivity contribution is 7.89. The van der Waals surface area contributed by atoms with Gasteiger partial charge in [0.05, 0.1) is 4.90 Å². The van der Waals surface area contributed by atoms with Crippen LogP contribution in [-0.2, 0) is 10.0 Å². The van der Waals surface area contributed by atoms with E-state index < -0.39 is 10.0 Å². The Kier molecular flexibility index (Phi) is 4.26. The van der Waals surface area contributed by atoms with Gasteiger partial charge in [-0.05, 0) is 31.3 Å². The minimum atomic E-state index is -3.70. The quantitative estimate of drug-likeness (QED) is 0.810. The largest absolute Gasteiger partial charge is 0.322 e. The van der Waals surface area contributed by atoms with Gasteiger partial charge in [-0.25, -0.2) is 18.4 Å². The maximum Gasteiger partial charge on any atom is 0.321 e. The van der Waals surface area contributed by atoms with Crippen molar-refractivity contribution in [3.63, 3.8) is 0 Å². The summed E-state index contributed by atoms with van der Waals surface area (Å²) in [6.45, 7) is 3.05. The molecule has 0 saturated carbocycles. The molecule has 1 aliphatic rings. The minimum absolute atomic E-state index is 0.0232. The number of carbonyl (C=O) groups is 1. The van der Waals surface area contributed by atoms with E-state index in [0.717, 1.165) is 13.1 Å². The predicted octanol–water partition coefficient (Wildman–Crippen LogP) is 0.113. The monoisotopic (exact) mass is 298 g/mol. The molecule has 1 aliphatic heterocycles. The van der Waals surface area contributed by atoms with E-state index in [0.29, 0.717) is 18.8 Å². The van der Waals surface area contributed by atoms with Gasteiger partial charge in [0.2, 0.25) is 10.0 Å². The van der Waals surface area contributed by atoms with Gasteiger partial charge >= 0.3 is 6.03 Å². The molecule has 110 valence electrons. The van der Waals surface area contributed by atoms with Gasteiger partial charge in [-0.1, -0.05) is 0 Å². The number of benzene rings is 1. The second-order valence-corrected chi connectivity index (χ2v) is 6.35. The average molecular weight is 298 g/mol. The number of primary sulfonamides is 1. The van der Waals surface area contributed by atoms with Crippen LogP contribution >= 0.6 is 0 Å². The highest BCUT2D eigenvalue weighted by Gasteiger charge is 2.19. The molecule has 2 amide bonds. The van der Waals surface area contributed by atoms with Crippen LogP contribution in [0.5, 0.6) is 0 Å². The zero-order valence-corrected chi connectivity index (χ0v) is 12.1. The number of nitrogens with zero attached hydrogens (tertiary/aromatic N) is 2. The van der Waals surface area contributed by atoms with Crippen molar-refractivity contribution in [3.05, 3.63) is 24.3 Å². The molecule has 0 aliphatic carbocycles. The fourth-order valence-corrected chi connectivity index (χ4v) is 2.46. The summed E-state index contributed by atoms with van der Waals surface area (Å²) in [6.07, 6.45) is 0. The normalized spacial score (nSPS) is 17.0. The first-order valence-electron chi connectivity index (χ1n) is 6.23. The molecule has 1 heterocycles. The molecule has 20 heavy (non-hydrogen) atoms. The summed E-state index contributed by atoms with van der Waals surface area (Å²) in [5, 5.41) is 7.75. The summed E-state index contributed by atoms with van der Waals surface area (Å²) < 4.78 is 22.2. The van der Waals surface area contributed by atoms with E-state index in [-0.39, 0.29) is 10.9 Å². The Morgan fingerprint density at radius 2 is 1.70 bits per heavy atom. The fraction of sp³-hybridized carbons (Fsp3) is 0.417. The molecular formula is C12H18N4O3S. The standard InChI is InChI=1S/C12H18N4O3S/c1-15-6-8-16(9-7-15)12(17)14-10-2-4-11(5-3-10)20(13,18)19/h2-5H,6-9H2,1H3,(H,14,17)(H2,13,18,19). The lowest BCUT2D eigenvalue weighted by Crippen LogP contribution is -2.48. The highest BCUT2D eigenvalue weighted by atomic mass is 32.2. The van der Waals surface area contributed by atoms with E-state index >= 15 is 0 Å². The molecule has 1 aromatic carbocycles. The van der Waals surface area contributed by atoms with E-state index in [4.69, 9.17) is 5.14 Å². The summed E-state index contributed by atoms with van der Waals surface area (Å²) in [7, 11) is -1.69. The summed E-state index contributed by atoms with van der Waals surface area (Å²) >= 11 is 0. The van der Waals surface area contributed by atoms with Gasteiger partial charge in [0, 0.05) is 31.9 Å². The van der Waals surface area contributed by atoms with Crippen molar-refractivity contribution in [2.24, 2.45) is 5.14 Å². The van der Waals surface area contributed by atoms with Crippen molar-refractivity contribution in [1.82, 2.24) is 9.80 Å². The Morgan fingerprint density at radius 1 is 1.15 bits per heavy atom. The number of sulfonamides is 1. The number of rotatable bonds is 2. The zero-order valence-electron chi connectivity index (χ0n) is 11.2. The van der Waals surface area contributed by atoms with E-state index in [1.54, 1.807) is 4.90 Å². The first-order chi connectivity index (χ1) is 9.36. The Morgan fingerprint density at radius 3 is 2.20 bits per heavy atom. The lowest BCUT2D eigenvalue weighted by atomic mass is 10.3. The molecule has 2 rings (SSSR count). The fourth-order valence-electron chi connectivity index (χ4n) is 1.94. The number of nitrogens with one attached hydrogen (secondary N) is 1. The number of urea groups is 1. The van der Waals surface area contributed by atoms with Crippen LogP contribution in [0.25, 0.3) is 0 Å². The smallest absolute Gasteiger partial charge is 0.321 e. The molecule has 3 N–H and O–H groups in total. The maximum atomic E-state index is 12.0. The van der Waals surface area contributed by atoms with Crippen LogP contribution in [0, 0.1) is 0 Å². The minimum Gasteiger partial charge on any atom is -0.322 e. The molecule has 8 heteroatoms. The van der Waals surface area contributed by atoms with Crippen LogP contribution in [0.4, 0.5) is 10.5 Å². The number of piperazine rings is 1. The van der Waals surface area contributed by atoms with Gasteiger partial charge in [-0.15, -0.1) is 0 Å². The molecule has 1 aromatic rings. The third-order valence-corrected chi connectivity index (χ3v) is 4.15. The first-order valence-corrected chi connectivity index (χ1v) is 7.78. The molecule has 1 fully saturated rings. The van der Waals surface area contributed by atoms with Gasteiger partial charge in [0.1, 0.15) is 0 Å².